The van der Waals surface area contributed by atoms with Gasteiger partial charge >= 0.3 is 11.9 Å². The van der Waals surface area contributed by atoms with Gasteiger partial charge in [-0.05, 0) is 48.2 Å². The van der Waals surface area contributed by atoms with Crippen LogP contribution < -0.4 is 5.32 Å². The van der Waals surface area contributed by atoms with Crippen LogP contribution in [0.25, 0.3) is 0 Å². The second-order valence-electron chi connectivity index (χ2n) is 7.10. The molecular formula is C20H24Cl2N2O4. The van der Waals surface area contributed by atoms with Crippen LogP contribution in [0, 0.1) is 5.92 Å². The van der Waals surface area contributed by atoms with E-state index < -0.39 is 18.0 Å². The molecule has 8 heteroatoms. The van der Waals surface area contributed by atoms with E-state index in [1.165, 1.54) is 0 Å². The van der Waals surface area contributed by atoms with Gasteiger partial charge in [0.05, 0.1) is 0 Å². The van der Waals surface area contributed by atoms with Gasteiger partial charge in [-0.3, -0.25) is 4.79 Å². The molecule has 1 heterocycles. The summed E-state index contributed by atoms with van der Waals surface area (Å²) in [5, 5.41) is 22.8. The van der Waals surface area contributed by atoms with Crippen molar-refractivity contribution in [1.82, 2.24) is 9.88 Å². The molecule has 2 aromatic rings. The molecule has 0 fully saturated rings. The zero-order chi connectivity index (χ0) is 20.8. The van der Waals surface area contributed by atoms with Crippen LogP contribution in [0.3, 0.4) is 0 Å². The Balaban J connectivity index is 2.16. The Hall–Kier alpha value is -2.02. The first kappa shape index (κ1) is 22.3. The van der Waals surface area contributed by atoms with Gasteiger partial charge in [0.25, 0.3) is 0 Å². The van der Waals surface area contributed by atoms with Crippen molar-refractivity contribution < 1.29 is 19.8 Å². The van der Waals surface area contributed by atoms with Crippen molar-refractivity contribution >= 4 is 35.1 Å². The molecular weight excluding hydrogens is 403 g/mol. The first-order chi connectivity index (χ1) is 13.2. The van der Waals surface area contributed by atoms with E-state index in [1.54, 1.807) is 34.9 Å². The molecule has 0 bridgehead atoms. The number of nitrogens with one attached hydrogen (secondary N) is 1. The third kappa shape index (κ3) is 6.26. The van der Waals surface area contributed by atoms with Crippen molar-refractivity contribution in [3.63, 3.8) is 0 Å². The highest BCUT2D eigenvalue weighted by Gasteiger charge is 2.19. The largest absolute Gasteiger partial charge is 0.480 e. The smallest absolute Gasteiger partial charge is 0.352 e. The van der Waals surface area contributed by atoms with E-state index in [2.05, 4.69) is 5.32 Å². The normalized spacial score (nSPS) is 12.3. The lowest BCUT2D eigenvalue weighted by Crippen LogP contribution is -2.39. The number of halogens is 2. The summed E-state index contributed by atoms with van der Waals surface area (Å²) in [6, 6.07) is 7.76. The van der Waals surface area contributed by atoms with Gasteiger partial charge in [0.2, 0.25) is 0 Å². The molecule has 0 aliphatic rings. The topological polar surface area (TPSA) is 91.6 Å². The second-order valence-corrected chi connectivity index (χ2v) is 7.98. The number of hydrogen-bond acceptors (Lipinski definition) is 3. The van der Waals surface area contributed by atoms with E-state index in [0.717, 1.165) is 11.3 Å². The Morgan fingerprint density at radius 2 is 1.75 bits per heavy atom. The molecule has 3 N–H and O–H groups in total. The van der Waals surface area contributed by atoms with Crippen molar-refractivity contribution in [1.29, 1.82) is 0 Å². The van der Waals surface area contributed by atoms with E-state index in [-0.39, 0.29) is 11.6 Å². The molecule has 28 heavy (non-hydrogen) atoms. The van der Waals surface area contributed by atoms with E-state index in [1.807, 2.05) is 13.8 Å². The van der Waals surface area contributed by atoms with Crippen molar-refractivity contribution in [2.45, 2.75) is 39.3 Å². The minimum Gasteiger partial charge on any atom is -0.480 e. The molecule has 1 atom stereocenters. The molecule has 0 aliphatic heterocycles. The molecule has 0 amide bonds. The Morgan fingerprint density at radius 1 is 1.11 bits per heavy atom. The van der Waals surface area contributed by atoms with Crippen molar-refractivity contribution in [2.75, 3.05) is 6.54 Å². The molecule has 0 spiro atoms. The highest BCUT2D eigenvalue weighted by atomic mass is 35.5. The van der Waals surface area contributed by atoms with Gasteiger partial charge in [0.1, 0.15) is 11.7 Å². The molecule has 1 unspecified atom stereocenters. The summed E-state index contributed by atoms with van der Waals surface area (Å²) in [5.74, 6) is -1.66. The molecule has 6 nitrogen and oxygen atoms in total. The van der Waals surface area contributed by atoms with E-state index in [0.29, 0.717) is 36.0 Å². The van der Waals surface area contributed by atoms with Gasteiger partial charge in [-0.2, -0.15) is 0 Å². The number of carboxylic acid groups (broad SMARTS) is 2. The molecule has 1 aromatic carbocycles. The molecule has 0 aliphatic carbocycles. The Labute approximate surface area is 174 Å². The SMILES string of the molecule is CC(C)CC(NCCc1ccc(C(=O)O)n1Cc1cc(Cl)cc(Cl)c1)C(=O)O. The van der Waals surface area contributed by atoms with Gasteiger partial charge < -0.3 is 20.1 Å². The van der Waals surface area contributed by atoms with Crippen LogP contribution >= 0.6 is 23.2 Å². The van der Waals surface area contributed by atoms with Gasteiger partial charge in [0, 0.05) is 35.2 Å². The molecule has 152 valence electrons. The highest BCUT2D eigenvalue weighted by molar-refractivity contribution is 6.34. The van der Waals surface area contributed by atoms with Crippen LogP contribution in [0.4, 0.5) is 0 Å². The van der Waals surface area contributed by atoms with Crippen LogP contribution in [0.15, 0.2) is 30.3 Å². The number of hydrogen-bond donors (Lipinski definition) is 3. The number of carbonyl (C=O) groups is 2. The lowest BCUT2D eigenvalue weighted by Gasteiger charge is -2.17. The minimum atomic E-state index is -1.03. The standard InChI is InChI=1S/C20H24Cl2N2O4/c1-12(2)7-17(19(25)26)23-6-5-16-3-4-18(20(27)28)24(16)11-13-8-14(21)10-15(22)9-13/h3-4,8-10,12,17,23H,5-7,11H2,1-2H3,(H,25,26)(H,27,28). The molecule has 0 radical (unpaired) electrons. The number of benzene rings is 1. The van der Waals surface area contributed by atoms with E-state index in [9.17, 15) is 19.8 Å². The number of carboxylic acids is 2. The maximum Gasteiger partial charge on any atom is 0.352 e. The van der Waals surface area contributed by atoms with Crippen molar-refractivity contribution in [3.8, 4) is 0 Å². The zero-order valence-corrected chi connectivity index (χ0v) is 17.3. The summed E-state index contributed by atoms with van der Waals surface area (Å²) < 4.78 is 1.68. The fraction of sp³-hybridized carbons (Fsp3) is 0.400. The summed E-state index contributed by atoms with van der Waals surface area (Å²) in [4.78, 5) is 23.0. The number of aromatic carboxylic acids is 1. The number of nitrogens with zero attached hydrogens (tertiary/aromatic N) is 1. The van der Waals surface area contributed by atoms with Gasteiger partial charge in [0.15, 0.2) is 0 Å². The maximum atomic E-state index is 11.6. The molecule has 0 saturated heterocycles. The van der Waals surface area contributed by atoms with Crippen LogP contribution in [0.1, 0.15) is 42.0 Å². The van der Waals surface area contributed by atoms with Crippen LogP contribution in [-0.2, 0) is 17.8 Å². The van der Waals surface area contributed by atoms with E-state index >= 15 is 0 Å². The molecule has 2 rings (SSSR count). The van der Waals surface area contributed by atoms with Gasteiger partial charge in [-0.15, -0.1) is 0 Å². The lowest BCUT2D eigenvalue weighted by molar-refractivity contribution is -0.139. The van der Waals surface area contributed by atoms with Crippen molar-refractivity contribution in [3.05, 3.63) is 57.3 Å². The Kier molecular flexibility index (Phi) is 7.92. The van der Waals surface area contributed by atoms with Crippen LogP contribution in [0.5, 0.6) is 0 Å². The minimum absolute atomic E-state index is 0.156. The van der Waals surface area contributed by atoms with Gasteiger partial charge in [-0.25, -0.2) is 4.79 Å². The van der Waals surface area contributed by atoms with Gasteiger partial charge in [-0.1, -0.05) is 37.0 Å². The quantitative estimate of drug-likeness (QED) is 0.529. The first-order valence-electron chi connectivity index (χ1n) is 9.00. The fourth-order valence-electron chi connectivity index (χ4n) is 3.10. The predicted molar refractivity (Wildman–Crippen MR) is 110 cm³/mol. The summed E-state index contributed by atoms with van der Waals surface area (Å²) in [5.41, 5.74) is 1.73. The fourth-order valence-corrected chi connectivity index (χ4v) is 3.67. The number of rotatable bonds is 10. The summed E-state index contributed by atoms with van der Waals surface area (Å²) in [6.45, 7) is 4.66. The molecule has 0 saturated carbocycles. The molecule has 1 aromatic heterocycles. The van der Waals surface area contributed by atoms with Crippen molar-refractivity contribution in [2.24, 2.45) is 5.92 Å². The second kappa shape index (κ2) is 9.96. The average molecular weight is 427 g/mol. The Bertz CT molecular complexity index is 828. The average Bonchev–Trinajstić information content (AvgIpc) is 2.95. The van der Waals surface area contributed by atoms with Crippen LogP contribution in [0.2, 0.25) is 10.0 Å². The monoisotopic (exact) mass is 426 g/mol. The third-order valence-corrected chi connectivity index (χ3v) is 4.77. The maximum absolute atomic E-state index is 11.6. The van der Waals surface area contributed by atoms with Crippen LogP contribution in [-0.4, -0.2) is 39.3 Å². The highest BCUT2D eigenvalue weighted by Crippen LogP contribution is 2.21. The van der Waals surface area contributed by atoms with E-state index in [4.69, 9.17) is 23.2 Å². The first-order valence-corrected chi connectivity index (χ1v) is 9.75. The Morgan fingerprint density at radius 3 is 2.29 bits per heavy atom. The summed E-state index contributed by atoms with van der Waals surface area (Å²) >= 11 is 12.1. The lowest BCUT2D eigenvalue weighted by atomic mass is 10.0. The third-order valence-electron chi connectivity index (χ3n) is 4.33. The zero-order valence-electron chi connectivity index (χ0n) is 15.8. The summed E-state index contributed by atoms with van der Waals surface area (Å²) in [6.07, 6.45) is 1.02. The predicted octanol–water partition coefficient (Wildman–Crippen LogP) is 4.17. The number of aliphatic carboxylic acids is 1. The number of aromatic nitrogens is 1. The summed E-state index contributed by atoms with van der Waals surface area (Å²) in [7, 11) is 0.